The fourth-order valence-corrected chi connectivity index (χ4v) is 2.19. The van der Waals surface area contributed by atoms with Crippen molar-refractivity contribution in [2.24, 2.45) is 0 Å². The van der Waals surface area contributed by atoms with Gasteiger partial charge in [-0.25, -0.2) is 0 Å². The average Bonchev–Trinajstić information content (AvgIpc) is 2.41. The van der Waals surface area contributed by atoms with Gasteiger partial charge in [-0.1, -0.05) is 64.5 Å². The topological polar surface area (TPSA) is 27.1 Å². The van der Waals surface area contributed by atoms with E-state index < -0.39 is 0 Å². The molecule has 0 spiro atoms. The Morgan fingerprint density at radius 2 is 1.67 bits per heavy atom. The van der Waals surface area contributed by atoms with Crippen molar-refractivity contribution < 1.29 is 0 Å². The van der Waals surface area contributed by atoms with Crippen molar-refractivity contribution in [3.8, 4) is 0 Å². The zero-order chi connectivity index (χ0) is 13.0. The Balaban J connectivity index is 2.11. The highest BCUT2D eigenvalue weighted by molar-refractivity contribution is 9.10. The van der Waals surface area contributed by atoms with Gasteiger partial charge in [0, 0.05) is 23.6 Å². The highest BCUT2D eigenvalue weighted by Crippen LogP contribution is 2.18. The minimum atomic E-state index is 0.534. The molecule has 18 heavy (non-hydrogen) atoms. The number of hydrogen-bond donors (Lipinski definition) is 1. The van der Waals surface area contributed by atoms with E-state index in [0.717, 1.165) is 16.6 Å². The third kappa shape index (κ3) is 2.99. The zero-order valence-electron chi connectivity index (χ0n) is 10.2. The highest BCUT2D eigenvalue weighted by Gasteiger charge is 2.08. The number of halogens is 1. The molecule has 0 fully saturated rings. The Bertz CT molecular complexity index is 537. The Morgan fingerprint density at radius 1 is 1.06 bits per heavy atom. The van der Waals surface area contributed by atoms with Gasteiger partial charge >= 0.3 is 0 Å². The van der Waals surface area contributed by atoms with Crippen molar-refractivity contribution in [1.29, 1.82) is 5.41 Å². The lowest BCUT2D eigenvalue weighted by Gasteiger charge is -2.20. The van der Waals surface area contributed by atoms with E-state index in [4.69, 9.17) is 5.41 Å². The van der Waals surface area contributed by atoms with Gasteiger partial charge in [-0.15, -0.1) is 0 Å². The molecule has 0 aliphatic carbocycles. The van der Waals surface area contributed by atoms with Gasteiger partial charge in [0.1, 0.15) is 5.84 Å². The smallest absolute Gasteiger partial charge is 0.128 e. The molecule has 0 unspecified atom stereocenters. The number of rotatable bonds is 3. The second kappa shape index (κ2) is 5.83. The molecule has 2 aromatic carbocycles. The molecule has 2 aromatic rings. The molecule has 2 nitrogen and oxygen atoms in total. The predicted molar refractivity (Wildman–Crippen MR) is 78.9 cm³/mol. The van der Waals surface area contributed by atoms with Gasteiger partial charge in [0.2, 0.25) is 0 Å². The fourth-order valence-electron chi connectivity index (χ4n) is 1.78. The summed E-state index contributed by atoms with van der Waals surface area (Å²) in [5.74, 6) is 0.534. The van der Waals surface area contributed by atoms with Crippen LogP contribution in [0.15, 0.2) is 59.1 Å². The summed E-state index contributed by atoms with van der Waals surface area (Å²) in [6.07, 6.45) is 0. The molecule has 0 heterocycles. The fraction of sp³-hybridized carbons (Fsp3) is 0.133. The SMILES string of the molecule is CN(Cc1ccccc1Br)C(=N)c1ccccc1. The molecule has 1 N–H and O–H groups in total. The zero-order valence-corrected chi connectivity index (χ0v) is 11.8. The lowest BCUT2D eigenvalue weighted by molar-refractivity contribution is 0.497. The van der Waals surface area contributed by atoms with Gasteiger partial charge in [-0.2, -0.15) is 0 Å². The number of nitrogens with one attached hydrogen (secondary N) is 1. The maximum absolute atomic E-state index is 8.17. The quantitative estimate of drug-likeness (QED) is 0.675. The molecule has 0 amide bonds. The summed E-state index contributed by atoms with van der Waals surface area (Å²) in [7, 11) is 1.94. The molecular weight excluding hydrogens is 288 g/mol. The van der Waals surface area contributed by atoms with Crippen LogP contribution in [0.1, 0.15) is 11.1 Å². The van der Waals surface area contributed by atoms with Crippen molar-refractivity contribution in [3.05, 3.63) is 70.2 Å². The van der Waals surface area contributed by atoms with Crippen LogP contribution in [0, 0.1) is 5.41 Å². The first kappa shape index (κ1) is 12.8. The summed E-state index contributed by atoms with van der Waals surface area (Å²) < 4.78 is 1.08. The molecule has 0 aliphatic rings. The summed E-state index contributed by atoms with van der Waals surface area (Å²) in [5, 5.41) is 8.17. The Labute approximate surface area is 116 Å². The van der Waals surface area contributed by atoms with E-state index in [1.165, 1.54) is 5.56 Å². The van der Waals surface area contributed by atoms with Crippen LogP contribution in [0.2, 0.25) is 0 Å². The second-order valence-corrected chi connectivity index (χ2v) is 5.02. The second-order valence-electron chi connectivity index (χ2n) is 4.16. The molecule has 0 aromatic heterocycles. The maximum atomic E-state index is 8.17. The van der Waals surface area contributed by atoms with E-state index in [1.807, 2.05) is 60.5 Å². The van der Waals surface area contributed by atoms with Crippen molar-refractivity contribution in [2.45, 2.75) is 6.54 Å². The number of nitrogens with zero attached hydrogens (tertiary/aromatic N) is 1. The lowest BCUT2D eigenvalue weighted by Crippen LogP contribution is -2.26. The lowest BCUT2D eigenvalue weighted by atomic mass is 10.1. The van der Waals surface area contributed by atoms with E-state index in [1.54, 1.807) is 0 Å². The normalized spacial score (nSPS) is 10.1. The van der Waals surface area contributed by atoms with Crippen LogP contribution in [0.5, 0.6) is 0 Å². The van der Waals surface area contributed by atoms with Crippen LogP contribution in [-0.2, 0) is 6.54 Å². The van der Waals surface area contributed by atoms with Gasteiger partial charge in [0.05, 0.1) is 0 Å². The van der Waals surface area contributed by atoms with Crippen LogP contribution in [0.3, 0.4) is 0 Å². The predicted octanol–water partition coefficient (Wildman–Crippen LogP) is 3.91. The van der Waals surface area contributed by atoms with E-state index >= 15 is 0 Å². The van der Waals surface area contributed by atoms with Gasteiger partial charge in [-0.05, 0) is 11.6 Å². The molecule has 2 rings (SSSR count). The molecular formula is C15H15BrN2. The first-order valence-electron chi connectivity index (χ1n) is 5.77. The van der Waals surface area contributed by atoms with Crippen LogP contribution in [-0.4, -0.2) is 17.8 Å². The van der Waals surface area contributed by atoms with E-state index in [9.17, 15) is 0 Å². The van der Waals surface area contributed by atoms with Crippen molar-refractivity contribution >= 4 is 21.8 Å². The molecule has 92 valence electrons. The van der Waals surface area contributed by atoms with E-state index in [2.05, 4.69) is 22.0 Å². The molecule has 0 bridgehead atoms. The molecule has 0 saturated carbocycles. The van der Waals surface area contributed by atoms with Crippen LogP contribution >= 0.6 is 15.9 Å². The number of amidine groups is 1. The van der Waals surface area contributed by atoms with Crippen molar-refractivity contribution in [3.63, 3.8) is 0 Å². The molecule has 0 saturated heterocycles. The third-order valence-electron chi connectivity index (χ3n) is 2.79. The number of hydrogen-bond acceptors (Lipinski definition) is 1. The Morgan fingerprint density at radius 3 is 2.33 bits per heavy atom. The average molecular weight is 303 g/mol. The Kier molecular flexibility index (Phi) is 4.15. The first-order valence-corrected chi connectivity index (χ1v) is 6.56. The van der Waals surface area contributed by atoms with Crippen molar-refractivity contribution in [1.82, 2.24) is 4.90 Å². The summed E-state index contributed by atoms with van der Waals surface area (Å²) >= 11 is 3.53. The highest BCUT2D eigenvalue weighted by atomic mass is 79.9. The molecule has 3 heteroatoms. The first-order chi connectivity index (χ1) is 8.68. The minimum absolute atomic E-state index is 0.534. The van der Waals surface area contributed by atoms with Crippen LogP contribution < -0.4 is 0 Å². The third-order valence-corrected chi connectivity index (χ3v) is 3.57. The molecule has 0 radical (unpaired) electrons. The van der Waals surface area contributed by atoms with Gasteiger partial charge in [0.15, 0.2) is 0 Å². The summed E-state index contributed by atoms with van der Waals surface area (Å²) in [5.41, 5.74) is 2.12. The largest absolute Gasteiger partial charge is 0.355 e. The van der Waals surface area contributed by atoms with Gasteiger partial charge in [-0.3, -0.25) is 5.41 Å². The van der Waals surface area contributed by atoms with Crippen LogP contribution in [0.4, 0.5) is 0 Å². The molecule has 0 atom stereocenters. The standard InChI is InChI=1S/C15H15BrN2/c1-18(11-13-9-5-6-10-14(13)16)15(17)12-7-3-2-4-8-12/h2-10,17H,11H2,1H3. The maximum Gasteiger partial charge on any atom is 0.128 e. The van der Waals surface area contributed by atoms with Crippen LogP contribution in [0.25, 0.3) is 0 Å². The Hall–Kier alpha value is -1.61. The summed E-state index contributed by atoms with van der Waals surface area (Å²) in [6.45, 7) is 0.717. The monoisotopic (exact) mass is 302 g/mol. The minimum Gasteiger partial charge on any atom is -0.355 e. The summed E-state index contributed by atoms with van der Waals surface area (Å²) in [6, 6.07) is 17.9. The van der Waals surface area contributed by atoms with E-state index in [-0.39, 0.29) is 0 Å². The van der Waals surface area contributed by atoms with Gasteiger partial charge in [0.25, 0.3) is 0 Å². The van der Waals surface area contributed by atoms with E-state index in [0.29, 0.717) is 5.84 Å². The van der Waals surface area contributed by atoms with Gasteiger partial charge < -0.3 is 4.90 Å². The van der Waals surface area contributed by atoms with Crippen molar-refractivity contribution in [2.75, 3.05) is 7.05 Å². The molecule has 0 aliphatic heterocycles. The number of benzene rings is 2. The summed E-state index contributed by atoms with van der Waals surface area (Å²) in [4.78, 5) is 1.94.